The van der Waals surface area contributed by atoms with E-state index in [1.165, 1.54) is 12.1 Å². The molecule has 0 aromatic heterocycles. The minimum Gasteiger partial charge on any atom is -0.397 e. The van der Waals surface area contributed by atoms with Crippen LogP contribution in [0.4, 0.5) is 17.1 Å². The first-order valence-corrected chi connectivity index (χ1v) is 13.8. The maximum atomic E-state index is 13.6. The molecule has 0 atom stereocenters. The molecule has 6 N–H and O–H groups in total. The first-order valence-electron chi connectivity index (χ1n) is 9.51. The second-order valence-electron chi connectivity index (χ2n) is 7.47. The minimum atomic E-state index is -5.25. The molecule has 3 aromatic carbocycles. The Morgan fingerprint density at radius 1 is 0.611 bits per heavy atom. The zero-order valence-corrected chi connectivity index (χ0v) is 20.0. The third kappa shape index (κ3) is 4.15. The molecule has 188 valence electrons. The molecular formula is C20H14N2O11S3. The summed E-state index contributed by atoms with van der Waals surface area (Å²) in [6.45, 7) is 0. The number of ketones is 2. The van der Waals surface area contributed by atoms with Gasteiger partial charge in [-0.15, -0.1) is 0 Å². The zero-order valence-electron chi connectivity index (χ0n) is 17.5. The number of carbonyl (C=O) groups is 2. The van der Waals surface area contributed by atoms with Gasteiger partial charge in [0, 0.05) is 5.69 Å². The van der Waals surface area contributed by atoms with E-state index >= 15 is 0 Å². The predicted octanol–water partition coefficient (Wildman–Crippen LogP) is 1.53. The molecule has 0 radical (unpaired) electrons. The Hall–Kier alpha value is -3.67. The van der Waals surface area contributed by atoms with E-state index in [1.807, 2.05) is 0 Å². The Labute approximate surface area is 203 Å². The van der Waals surface area contributed by atoms with Crippen molar-refractivity contribution in [1.29, 1.82) is 0 Å². The van der Waals surface area contributed by atoms with Crippen molar-refractivity contribution in [2.24, 2.45) is 0 Å². The van der Waals surface area contributed by atoms with Crippen LogP contribution >= 0.6 is 0 Å². The molecule has 13 nitrogen and oxygen atoms in total. The largest absolute Gasteiger partial charge is 0.397 e. The second-order valence-corrected chi connectivity index (χ2v) is 11.6. The van der Waals surface area contributed by atoms with Crippen LogP contribution in [-0.2, 0) is 30.4 Å². The van der Waals surface area contributed by atoms with E-state index in [0.717, 1.165) is 6.07 Å². The van der Waals surface area contributed by atoms with Gasteiger partial charge >= 0.3 is 0 Å². The minimum absolute atomic E-state index is 0.262. The Kier molecular flexibility index (Phi) is 5.78. The molecule has 0 aliphatic heterocycles. The molecule has 1 aliphatic rings. The van der Waals surface area contributed by atoms with E-state index in [-0.39, 0.29) is 5.69 Å². The van der Waals surface area contributed by atoms with E-state index in [4.69, 9.17) is 5.73 Å². The Morgan fingerprint density at radius 2 is 1.06 bits per heavy atom. The second kappa shape index (κ2) is 8.19. The SMILES string of the molecule is Nc1c(S(=O)(=O)O)cc(Nc2ccccc2)c2c1C(=O)c1c(S(=O)(=O)O)ccc(S(=O)(=O)O)c1C2=O. The third-order valence-corrected chi connectivity index (χ3v) is 7.94. The number of benzene rings is 3. The van der Waals surface area contributed by atoms with E-state index in [9.17, 15) is 48.5 Å². The van der Waals surface area contributed by atoms with Crippen LogP contribution in [0, 0.1) is 0 Å². The summed E-state index contributed by atoms with van der Waals surface area (Å²) in [4.78, 5) is 23.8. The maximum Gasteiger partial charge on any atom is 0.296 e. The van der Waals surface area contributed by atoms with Crippen LogP contribution in [0.1, 0.15) is 31.8 Å². The Morgan fingerprint density at radius 3 is 1.50 bits per heavy atom. The van der Waals surface area contributed by atoms with Crippen molar-refractivity contribution in [2.75, 3.05) is 11.1 Å². The average molecular weight is 555 g/mol. The number of hydrogen-bond donors (Lipinski definition) is 5. The smallest absolute Gasteiger partial charge is 0.296 e. The lowest BCUT2D eigenvalue weighted by Gasteiger charge is -2.25. The van der Waals surface area contributed by atoms with Crippen molar-refractivity contribution in [3.05, 3.63) is 70.8 Å². The molecule has 0 unspecified atom stereocenters. The van der Waals surface area contributed by atoms with Gasteiger partial charge in [-0.2, -0.15) is 25.3 Å². The number of anilines is 3. The van der Waals surface area contributed by atoms with Crippen molar-refractivity contribution < 1.29 is 48.5 Å². The van der Waals surface area contributed by atoms with Gasteiger partial charge in [0.25, 0.3) is 30.4 Å². The van der Waals surface area contributed by atoms with Crippen LogP contribution in [-0.4, -0.2) is 50.5 Å². The monoisotopic (exact) mass is 554 g/mol. The van der Waals surface area contributed by atoms with E-state index in [2.05, 4.69) is 5.32 Å². The highest BCUT2D eigenvalue weighted by molar-refractivity contribution is 7.86. The van der Waals surface area contributed by atoms with Gasteiger partial charge < -0.3 is 11.1 Å². The molecule has 16 heteroatoms. The number of para-hydroxylation sites is 1. The summed E-state index contributed by atoms with van der Waals surface area (Å²) in [5.41, 5.74) is 0.951. The molecule has 1 aliphatic carbocycles. The van der Waals surface area contributed by atoms with Gasteiger partial charge in [0.05, 0.1) is 33.6 Å². The van der Waals surface area contributed by atoms with Crippen molar-refractivity contribution in [2.45, 2.75) is 14.7 Å². The lowest BCUT2D eigenvalue weighted by Crippen LogP contribution is -2.29. The third-order valence-electron chi connectivity index (χ3n) is 5.25. The highest BCUT2D eigenvalue weighted by Crippen LogP contribution is 2.43. The molecule has 0 heterocycles. The van der Waals surface area contributed by atoms with Crippen LogP contribution in [0.3, 0.4) is 0 Å². The molecule has 0 saturated heterocycles. The molecule has 3 aromatic rings. The molecule has 0 fully saturated rings. The number of fused-ring (bicyclic) bond motifs is 2. The van der Waals surface area contributed by atoms with Gasteiger partial charge in [-0.25, -0.2) is 0 Å². The van der Waals surface area contributed by atoms with Crippen LogP contribution in [0.25, 0.3) is 0 Å². The van der Waals surface area contributed by atoms with Gasteiger partial charge in [0.1, 0.15) is 14.7 Å². The lowest BCUT2D eigenvalue weighted by molar-refractivity contribution is 0.0975. The highest BCUT2D eigenvalue weighted by atomic mass is 32.2. The number of hydrogen-bond acceptors (Lipinski definition) is 10. The van der Waals surface area contributed by atoms with E-state index in [1.54, 1.807) is 18.2 Å². The molecule has 0 saturated carbocycles. The van der Waals surface area contributed by atoms with Crippen LogP contribution in [0.2, 0.25) is 0 Å². The molecule has 4 rings (SSSR count). The fourth-order valence-electron chi connectivity index (χ4n) is 3.83. The van der Waals surface area contributed by atoms with Crippen LogP contribution in [0.5, 0.6) is 0 Å². The summed E-state index contributed by atoms with van der Waals surface area (Å²) < 4.78 is 101. The van der Waals surface area contributed by atoms with Gasteiger partial charge in [-0.05, 0) is 30.3 Å². The predicted molar refractivity (Wildman–Crippen MR) is 123 cm³/mol. The fraction of sp³-hybridized carbons (Fsp3) is 0. The van der Waals surface area contributed by atoms with Gasteiger partial charge in [0.15, 0.2) is 11.6 Å². The number of carbonyl (C=O) groups excluding carboxylic acids is 2. The quantitative estimate of drug-likeness (QED) is 0.174. The highest BCUT2D eigenvalue weighted by Gasteiger charge is 2.42. The first-order chi connectivity index (χ1) is 16.5. The summed E-state index contributed by atoms with van der Waals surface area (Å²) in [6.07, 6.45) is 0. The van der Waals surface area contributed by atoms with Gasteiger partial charge in [-0.3, -0.25) is 23.2 Å². The van der Waals surface area contributed by atoms with Crippen molar-refractivity contribution in [3.8, 4) is 0 Å². The summed E-state index contributed by atoms with van der Waals surface area (Å²) in [5, 5.41) is 2.67. The van der Waals surface area contributed by atoms with Crippen LogP contribution < -0.4 is 11.1 Å². The Bertz CT molecular complexity index is 1810. The van der Waals surface area contributed by atoms with E-state index < -0.39 is 90.2 Å². The maximum absolute atomic E-state index is 13.6. The number of nitrogens with two attached hydrogens (primary N) is 1. The zero-order chi connectivity index (χ0) is 26.8. The first kappa shape index (κ1) is 25.4. The van der Waals surface area contributed by atoms with Crippen molar-refractivity contribution in [3.63, 3.8) is 0 Å². The van der Waals surface area contributed by atoms with Crippen LogP contribution in [0.15, 0.2) is 63.2 Å². The molecule has 0 amide bonds. The fourth-order valence-corrected chi connectivity index (χ4v) is 5.86. The lowest BCUT2D eigenvalue weighted by atomic mass is 9.82. The summed E-state index contributed by atoms with van der Waals surface area (Å²) in [6, 6.07) is 9.44. The number of nitrogen functional groups attached to an aromatic ring is 1. The molecule has 36 heavy (non-hydrogen) atoms. The number of nitrogens with one attached hydrogen (secondary N) is 1. The van der Waals surface area contributed by atoms with Crippen molar-refractivity contribution in [1.82, 2.24) is 0 Å². The topological polar surface area (TPSA) is 235 Å². The molecule has 0 spiro atoms. The van der Waals surface area contributed by atoms with E-state index in [0.29, 0.717) is 12.1 Å². The average Bonchev–Trinajstić information content (AvgIpc) is 2.76. The molecule has 0 bridgehead atoms. The molecular weight excluding hydrogens is 540 g/mol. The van der Waals surface area contributed by atoms with Gasteiger partial charge in [0.2, 0.25) is 0 Å². The summed E-state index contributed by atoms with van der Waals surface area (Å²) in [5.74, 6) is -2.80. The van der Waals surface area contributed by atoms with Crippen molar-refractivity contribution >= 4 is 59.0 Å². The van der Waals surface area contributed by atoms with Gasteiger partial charge in [-0.1, -0.05) is 18.2 Å². The summed E-state index contributed by atoms with van der Waals surface area (Å²) in [7, 11) is -15.6. The Balaban J connectivity index is 2.19. The standard InChI is InChI=1S/C20H14N2O11S3/c21-18-13(36(31,32)33)8-10(22-9-4-2-1-3-5-9)14-17(18)20(24)16-12(35(28,29)30)7-6-11(34(25,26)27)15(16)19(14)23/h1-8,22H,21H2,(H,25,26,27)(H,28,29,30)(H,31,32,33). The number of rotatable bonds is 5. The normalized spacial score (nSPS) is 13.8. The summed E-state index contributed by atoms with van der Waals surface area (Å²) >= 11 is 0.